The Hall–Kier alpha value is -1.92. The molecular weight excluding hydrogens is 274 g/mol. The molecule has 2 aliphatic rings. The van der Waals surface area contributed by atoms with E-state index in [0.29, 0.717) is 24.1 Å². The number of benzene rings is 1. The third-order valence-electron chi connectivity index (χ3n) is 4.31. The average molecular weight is 291 g/mol. The number of hydrogen-bond acceptors (Lipinski definition) is 4. The van der Waals surface area contributed by atoms with Crippen molar-refractivity contribution in [2.45, 2.75) is 31.7 Å². The minimum atomic E-state index is -0.988. The van der Waals surface area contributed by atoms with Crippen LogP contribution in [0.1, 0.15) is 18.4 Å². The topological polar surface area (TPSA) is 95.9 Å². The Morgan fingerprint density at radius 1 is 1.19 bits per heavy atom. The Bertz CT molecular complexity index is 573. The van der Waals surface area contributed by atoms with Gasteiger partial charge in [0.1, 0.15) is 0 Å². The molecular formula is C15H17NO5. The number of nitrogens with one attached hydrogen (secondary N) is 1. The highest BCUT2D eigenvalue weighted by atomic mass is 16.5. The van der Waals surface area contributed by atoms with Crippen LogP contribution in [0.3, 0.4) is 0 Å². The molecule has 1 aromatic rings. The van der Waals surface area contributed by atoms with Gasteiger partial charge in [-0.05, 0) is 18.9 Å². The predicted octanol–water partition coefficient (Wildman–Crippen LogP) is 0.996. The molecule has 6 heteroatoms. The lowest BCUT2D eigenvalue weighted by atomic mass is 9.78. The number of hydrogen-bond donors (Lipinski definition) is 3. The number of carbonyl (C=O) groups is 2. The molecule has 2 unspecified atom stereocenters. The van der Waals surface area contributed by atoms with Crippen molar-refractivity contribution in [2.75, 3.05) is 5.32 Å². The number of aliphatic hydroxyl groups excluding tert-OH is 1. The van der Waals surface area contributed by atoms with Crippen molar-refractivity contribution in [2.24, 2.45) is 11.8 Å². The van der Waals surface area contributed by atoms with Gasteiger partial charge >= 0.3 is 5.97 Å². The lowest BCUT2D eigenvalue weighted by Crippen LogP contribution is -2.41. The summed E-state index contributed by atoms with van der Waals surface area (Å²) in [5.41, 5.74) is 1.11. The van der Waals surface area contributed by atoms with E-state index in [1.54, 1.807) is 24.3 Å². The molecule has 2 aliphatic heterocycles. The maximum Gasteiger partial charge on any atom is 0.310 e. The summed E-state index contributed by atoms with van der Waals surface area (Å²) in [7, 11) is 0. The molecule has 3 rings (SSSR count). The van der Waals surface area contributed by atoms with Crippen molar-refractivity contribution in [3.8, 4) is 0 Å². The molecule has 6 nitrogen and oxygen atoms in total. The Kier molecular flexibility index (Phi) is 3.65. The van der Waals surface area contributed by atoms with Crippen molar-refractivity contribution >= 4 is 17.6 Å². The molecule has 0 aliphatic carbocycles. The molecule has 0 spiro atoms. The summed E-state index contributed by atoms with van der Waals surface area (Å²) in [6.07, 6.45) is 0.723. The van der Waals surface area contributed by atoms with E-state index < -0.39 is 17.8 Å². The van der Waals surface area contributed by atoms with Crippen molar-refractivity contribution in [1.29, 1.82) is 0 Å². The van der Waals surface area contributed by atoms with E-state index >= 15 is 0 Å². The number of amides is 1. The molecule has 112 valence electrons. The summed E-state index contributed by atoms with van der Waals surface area (Å²) in [5.74, 6) is -2.80. The average Bonchev–Trinajstić information content (AvgIpc) is 3.08. The standard InChI is InChI=1S/C15H17NO5/c17-7-8-3-1-2-4-9(8)16-14(18)12-10-5-6-11(21-10)13(12)15(19)20/h1-4,10-13,17H,5-7H2,(H,16,18)(H,19,20)/t10-,11+,12?,13?/m1/s1. The van der Waals surface area contributed by atoms with Gasteiger partial charge < -0.3 is 20.3 Å². The van der Waals surface area contributed by atoms with Crippen molar-refractivity contribution in [1.82, 2.24) is 0 Å². The van der Waals surface area contributed by atoms with Crippen LogP contribution in [0.25, 0.3) is 0 Å². The van der Waals surface area contributed by atoms with E-state index in [0.717, 1.165) is 0 Å². The number of para-hydroxylation sites is 1. The number of ether oxygens (including phenoxy) is 1. The Balaban J connectivity index is 1.80. The van der Waals surface area contributed by atoms with E-state index in [9.17, 15) is 19.8 Å². The highest BCUT2D eigenvalue weighted by Crippen LogP contribution is 2.44. The number of aliphatic hydroxyl groups is 1. The molecule has 2 heterocycles. The molecule has 0 radical (unpaired) electrons. The number of rotatable bonds is 4. The molecule has 21 heavy (non-hydrogen) atoms. The zero-order valence-corrected chi connectivity index (χ0v) is 11.4. The zero-order valence-electron chi connectivity index (χ0n) is 11.4. The fourth-order valence-corrected chi connectivity index (χ4v) is 3.32. The lowest BCUT2D eigenvalue weighted by molar-refractivity contribution is -0.147. The van der Waals surface area contributed by atoms with E-state index in [2.05, 4.69) is 5.32 Å². The first-order chi connectivity index (χ1) is 10.1. The van der Waals surface area contributed by atoms with Gasteiger partial charge in [0.05, 0.1) is 30.7 Å². The SMILES string of the molecule is O=C(O)C1C(C(=O)Nc2ccccc2CO)[C@H]2CC[C@@H]1O2. The molecule has 2 saturated heterocycles. The van der Waals surface area contributed by atoms with Gasteiger partial charge in [-0.1, -0.05) is 18.2 Å². The highest BCUT2D eigenvalue weighted by Gasteiger charge is 2.55. The summed E-state index contributed by atoms with van der Waals surface area (Å²) in [6, 6.07) is 6.91. The normalized spacial score (nSPS) is 30.3. The van der Waals surface area contributed by atoms with Crippen LogP contribution in [0.2, 0.25) is 0 Å². The van der Waals surface area contributed by atoms with Gasteiger partial charge in [-0.2, -0.15) is 0 Å². The quantitative estimate of drug-likeness (QED) is 0.769. The van der Waals surface area contributed by atoms with Gasteiger partial charge in [0.2, 0.25) is 5.91 Å². The Morgan fingerprint density at radius 3 is 2.52 bits per heavy atom. The first kappa shape index (κ1) is 14.0. The minimum Gasteiger partial charge on any atom is -0.481 e. The lowest BCUT2D eigenvalue weighted by Gasteiger charge is -2.24. The third kappa shape index (κ3) is 2.41. The van der Waals surface area contributed by atoms with Crippen LogP contribution < -0.4 is 5.32 Å². The number of aliphatic carboxylic acids is 1. The maximum absolute atomic E-state index is 12.5. The number of anilines is 1. The highest BCUT2D eigenvalue weighted by molar-refractivity contribution is 5.96. The van der Waals surface area contributed by atoms with E-state index in [-0.39, 0.29) is 24.7 Å². The molecule has 4 atom stereocenters. The second-order valence-electron chi connectivity index (χ2n) is 5.48. The van der Waals surface area contributed by atoms with E-state index in [4.69, 9.17) is 4.74 Å². The summed E-state index contributed by atoms with van der Waals surface area (Å²) in [4.78, 5) is 23.8. The van der Waals surface area contributed by atoms with Crippen molar-refractivity contribution in [3.63, 3.8) is 0 Å². The van der Waals surface area contributed by atoms with Crippen LogP contribution in [-0.4, -0.2) is 34.3 Å². The molecule has 1 amide bonds. The van der Waals surface area contributed by atoms with E-state index in [1.807, 2.05) is 0 Å². The number of carboxylic acid groups (broad SMARTS) is 1. The summed E-state index contributed by atoms with van der Waals surface area (Å²) in [6.45, 7) is -0.188. The number of carboxylic acids is 1. The first-order valence-corrected chi connectivity index (χ1v) is 6.99. The number of carbonyl (C=O) groups excluding carboxylic acids is 1. The molecule has 3 N–H and O–H groups in total. The van der Waals surface area contributed by atoms with Crippen molar-refractivity contribution < 1.29 is 24.5 Å². The smallest absolute Gasteiger partial charge is 0.310 e. The van der Waals surface area contributed by atoms with Gasteiger partial charge in [-0.3, -0.25) is 9.59 Å². The summed E-state index contributed by atoms with van der Waals surface area (Å²) in [5, 5.41) is 21.3. The van der Waals surface area contributed by atoms with E-state index in [1.165, 1.54) is 0 Å². The monoisotopic (exact) mass is 291 g/mol. The summed E-state index contributed by atoms with van der Waals surface area (Å²) >= 11 is 0. The fourth-order valence-electron chi connectivity index (χ4n) is 3.32. The van der Waals surface area contributed by atoms with Crippen LogP contribution in [0.15, 0.2) is 24.3 Å². The molecule has 0 saturated carbocycles. The van der Waals surface area contributed by atoms with Crippen LogP contribution in [0.5, 0.6) is 0 Å². The van der Waals surface area contributed by atoms with Gasteiger partial charge in [0, 0.05) is 11.3 Å². The molecule has 0 aromatic heterocycles. The Labute approximate surface area is 121 Å². The molecule has 1 aromatic carbocycles. The largest absolute Gasteiger partial charge is 0.481 e. The predicted molar refractivity (Wildman–Crippen MR) is 73.5 cm³/mol. The molecule has 2 bridgehead atoms. The maximum atomic E-state index is 12.5. The molecule has 2 fully saturated rings. The fraction of sp³-hybridized carbons (Fsp3) is 0.467. The minimum absolute atomic E-state index is 0.188. The van der Waals surface area contributed by atoms with Crippen molar-refractivity contribution in [3.05, 3.63) is 29.8 Å². The van der Waals surface area contributed by atoms with Crippen LogP contribution in [0.4, 0.5) is 5.69 Å². The van der Waals surface area contributed by atoms with Gasteiger partial charge in [0.15, 0.2) is 0 Å². The second-order valence-corrected chi connectivity index (χ2v) is 5.48. The third-order valence-corrected chi connectivity index (χ3v) is 4.31. The van der Waals surface area contributed by atoms with Crippen LogP contribution >= 0.6 is 0 Å². The Morgan fingerprint density at radius 2 is 1.86 bits per heavy atom. The van der Waals surface area contributed by atoms with Gasteiger partial charge in [-0.25, -0.2) is 0 Å². The summed E-state index contributed by atoms with van der Waals surface area (Å²) < 4.78 is 5.58. The van der Waals surface area contributed by atoms with Gasteiger partial charge in [0.25, 0.3) is 0 Å². The second kappa shape index (κ2) is 5.46. The van der Waals surface area contributed by atoms with Crippen LogP contribution in [0, 0.1) is 11.8 Å². The zero-order chi connectivity index (χ0) is 15.0. The van der Waals surface area contributed by atoms with Crippen LogP contribution in [-0.2, 0) is 20.9 Å². The van der Waals surface area contributed by atoms with Gasteiger partial charge in [-0.15, -0.1) is 0 Å². The first-order valence-electron chi connectivity index (χ1n) is 6.99. The number of fused-ring (bicyclic) bond motifs is 2.